The maximum Gasteiger partial charge on any atom is 0.254 e. The number of carbonyl (C=O) groups excluding carboxylic acids is 2. The van der Waals surface area contributed by atoms with E-state index in [1.165, 1.54) is 6.21 Å². The number of nitrogens with zero attached hydrogens (tertiary/aromatic N) is 2. The molecule has 0 N–H and O–H groups in total. The van der Waals surface area contributed by atoms with Crippen LogP contribution in [0.3, 0.4) is 0 Å². The Morgan fingerprint density at radius 3 is 2.35 bits per heavy atom. The maximum absolute atomic E-state index is 12.7. The molecule has 0 radical (unpaired) electrons. The van der Waals surface area contributed by atoms with Crippen LogP contribution in [0.25, 0.3) is 0 Å². The van der Waals surface area contributed by atoms with Gasteiger partial charge in [-0.25, -0.2) is 0 Å². The van der Waals surface area contributed by atoms with Crippen molar-refractivity contribution in [2.75, 3.05) is 7.11 Å². The molecule has 3 aliphatic rings. The van der Waals surface area contributed by atoms with Crippen molar-refractivity contribution < 1.29 is 19.1 Å². The number of methoxy groups -OCH3 is 1. The minimum Gasteiger partial charge on any atom is -0.493 e. The molecule has 4 atom stereocenters. The van der Waals surface area contributed by atoms with Crippen molar-refractivity contribution in [3.8, 4) is 11.5 Å². The lowest BCUT2D eigenvalue weighted by atomic mass is 9.85. The first-order chi connectivity index (χ1) is 15.0. The van der Waals surface area contributed by atoms with Crippen molar-refractivity contribution in [3.63, 3.8) is 0 Å². The van der Waals surface area contributed by atoms with Crippen molar-refractivity contribution in [1.29, 1.82) is 0 Å². The lowest BCUT2D eigenvalue weighted by Gasteiger charge is -2.13. The van der Waals surface area contributed by atoms with Crippen molar-refractivity contribution >= 4 is 34.0 Å². The highest BCUT2D eigenvalue weighted by molar-refractivity contribution is 9.10. The van der Waals surface area contributed by atoms with E-state index in [2.05, 4.69) is 33.2 Å². The molecule has 0 spiro atoms. The van der Waals surface area contributed by atoms with E-state index >= 15 is 0 Å². The number of hydrogen-bond donors (Lipinski definition) is 0. The molecule has 158 valence electrons. The van der Waals surface area contributed by atoms with Gasteiger partial charge in [0.1, 0.15) is 6.61 Å². The van der Waals surface area contributed by atoms with Crippen LogP contribution in [0.5, 0.6) is 11.5 Å². The minimum atomic E-state index is -0.247. The molecular weight excluding hydrogens is 460 g/mol. The van der Waals surface area contributed by atoms with Gasteiger partial charge in [-0.2, -0.15) is 10.1 Å². The molecular formula is C24H21BrN2O4. The fourth-order valence-corrected chi connectivity index (χ4v) is 5.01. The average molecular weight is 481 g/mol. The third-order valence-corrected chi connectivity index (χ3v) is 6.79. The molecule has 2 aliphatic carbocycles. The first-order valence-electron chi connectivity index (χ1n) is 10.2. The number of imide groups is 1. The molecule has 6 nitrogen and oxygen atoms in total. The summed E-state index contributed by atoms with van der Waals surface area (Å²) >= 11 is 3.42. The number of rotatable bonds is 6. The zero-order valence-electron chi connectivity index (χ0n) is 16.9. The second-order valence-corrected chi connectivity index (χ2v) is 8.97. The van der Waals surface area contributed by atoms with Gasteiger partial charge in [-0.15, -0.1) is 0 Å². The van der Waals surface area contributed by atoms with Gasteiger partial charge in [0, 0.05) is 4.47 Å². The Hall–Kier alpha value is -2.93. The van der Waals surface area contributed by atoms with E-state index < -0.39 is 0 Å². The number of benzene rings is 2. The highest BCUT2D eigenvalue weighted by Gasteiger charge is 2.59. The van der Waals surface area contributed by atoms with Crippen LogP contribution in [0, 0.1) is 23.7 Å². The summed E-state index contributed by atoms with van der Waals surface area (Å²) in [6.07, 6.45) is 6.57. The number of halogens is 1. The van der Waals surface area contributed by atoms with Crippen molar-refractivity contribution in [2.45, 2.75) is 13.0 Å². The molecule has 1 aliphatic heterocycles. The van der Waals surface area contributed by atoms with Crippen LogP contribution in [-0.4, -0.2) is 30.1 Å². The van der Waals surface area contributed by atoms with Crippen molar-refractivity contribution in [3.05, 3.63) is 70.2 Å². The van der Waals surface area contributed by atoms with Gasteiger partial charge in [-0.1, -0.05) is 40.2 Å². The molecule has 2 fully saturated rings. The van der Waals surface area contributed by atoms with Gasteiger partial charge in [-0.3, -0.25) is 9.59 Å². The molecule has 2 amide bonds. The Balaban J connectivity index is 1.29. The number of allylic oxidation sites excluding steroid dienone is 2. The predicted molar refractivity (Wildman–Crippen MR) is 119 cm³/mol. The summed E-state index contributed by atoms with van der Waals surface area (Å²) in [6.45, 7) is 0.410. The Morgan fingerprint density at radius 2 is 1.71 bits per heavy atom. The summed E-state index contributed by atoms with van der Waals surface area (Å²) in [5.41, 5.74) is 1.75. The molecule has 2 aromatic rings. The standard InChI is InChI=1S/C24H21BrN2O4/c1-30-20-10-15(4-9-19(20)31-13-14-2-7-18(25)8-3-14)12-26-27-23(28)21-16-5-6-17(11-16)22(21)24(27)29/h2-10,12,16-17,21-22H,11,13H2,1H3/t16-,17-,21-,22+/m0/s1. The normalized spacial score (nSPS) is 26.2. The molecule has 1 saturated carbocycles. The molecule has 0 aromatic heterocycles. The summed E-state index contributed by atoms with van der Waals surface area (Å²) in [4.78, 5) is 25.5. The quantitative estimate of drug-likeness (QED) is 0.353. The molecule has 0 unspecified atom stereocenters. The Morgan fingerprint density at radius 1 is 1.03 bits per heavy atom. The van der Waals surface area contributed by atoms with E-state index in [4.69, 9.17) is 9.47 Å². The van der Waals surface area contributed by atoms with Gasteiger partial charge < -0.3 is 9.47 Å². The Kier molecular flexibility index (Phi) is 5.14. The number of hydrogen-bond acceptors (Lipinski definition) is 5. The average Bonchev–Trinajstić information content (AvgIpc) is 3.46. The van der Waals surface area contributed by atoms with E-state index in [1.807, 2.05) is 30.3 Å². The molecule has 2 bridgehead atoms. The van der Waals surface area contributed by atoms with E-state index in [1.54, 1.807) is 19.2 Å². The van der Waals surface area contributed by atoms with Gasteiger partial charge >= 0.3 is 0 Å². The smallest absolute Gasteiger partial charge is 0.254 e. The van der Waals surface area contributed by atoms with E-state index in [0.717, 1.165) is 21.5 Å². The number of fused-ring (bicyclic) bond motifs is 5. The summed E-state index contributed by atoms with van der Waals surface area (Å²) < 4.78 is 12.4. The van der Waals surface area contributed by atoms with Crippen LogP contribution >= 0.6 is 15.9 Å². The zero-order valence-corrected chi connectivity index (χ0v) is 18.5. The fraction of sp³-hybridized carbons (Fsp3) is 0.292. The van der Waals surface area contributed by atoms with Gasteiger partial charge in [0.25, 0.3) is 11.8 Å². The maximum atomic E-state index is 12.7. The van der Waals surface area contributed by atoms with E-state index in [9.17, 15) is 9.59 Å². The molecule has 2 aromatic carbocycles. The molecule has 5 rings (SSSR count). The highest BCUT2D eigenvalue weighted by Crippen LogP contribution is 2.52. The zero-order chi connectivity index (χ0) is 21.5. The van der Waals surface area contributed by atoms with Crippen LogP contribution < -0.4 is 9.47 Å². The highest BCUT2D eigenvalue weighted by atomic mass is 79.9. The molecule has 1 heterocycles. The van der Waals surface area contributed by atoms with Crippen LogP contribution in [0.15, 0.2) is 64.2 Å². The van der Waals surface area contributed by atoms with Crippen molar-refractivity contribution in [2.24, 2.45) is 28.8 Å². The monoisotopic (exact) mass is 480 g/mol. The number of hydrazone groups is 1. The van der Waals surface area contributed by atoms with Crippen LogP contribution in [0.4, 0.5) is 0 Å². The number of carbonyl (C=O) groups is 2. The number of ether oxygens (including phenoxy) is 2. The third-order valence-electron chi connectivity index (χ3n) is 6.26. The Labute approximate surface area is 188 Å². The van der Waals surface area contributed by atoms with E-state index in [-0.39, 0.29) is 35.5 Å². The second kappa shape index (κ2) is 7.96. The summed E-state index contributed by atoms with van der Waals surface area (Å²) in [6, 6.07) is 13.3. The van der Waals surface area contributed by atoms with E-state index in [0.29, 0.717) is 23.7 Å². The summed E-state index contributed by atoms with van der Waals surface area (Å²) in [5, 5.41) is 5.27. The largest absolute Gasteiger partial charge is 0.493 e. The van der Waals surface area contributed by atoms with Crippen molar-refractivity contribution in [1.82, 2.24) is 5.01 Å². The minimum absolute atomic E-state index is 0.175. The predicted octanol–water partition coefficient (Wildman–Crippen LogP) is 4.18. The topological polar surface area (TPSA) is 68.2 Å². The van der Waals surface area contributed by atoms with Gasteiger partial charge in [-0.05, 0) is 59.7 Å². The first kappa shape index (κ1) is 20.0. The SMILES string of the molecule is COc1cc(C=NN2C(=O)[C@@H]3[C@H](C2=O)[C@H]2C=C[C@H]3C2)ccc1OCc1ccc(Br)cc1. The summed E-state index contributed by atoms with van der Waals surface area (Å²) in [7, 11) is 1.57. The second-order valence-electron chi connectivity index (χ2n) is 8.06. The number of amides is 2. The van der Waals surface area contributed by atoms with Gasteiger partial charge in [0.15, 0.2) is 11.5 Å². The molecule has 31 heavy (non-hydrogen) atoms. The van der Waals surface area contributed by atoms with Gasteiger partial charge in [0.2, 0.25) is 0 Å². The fourth-order valence-electron chi connectivity index (χ4n) is 4.75. The lowest BCUT2D eigenvalue weighted by Crippen LogP contribution is -2.28. The Bertz CT molecular complexity index is 1070. The van der Waals surface area contributed by atoms with Crippen LogP contribution in [0.2, 0.25) is 0 Å². The van der Waals surface area contributed by atoms with Crippen LogP contribution in [0.1, 0.15) is 17.5 Å². The van der Waals surface area contributed by atoms with Gasteiger partial charge in [0.05, 0.1) is 25.2 Å². The summed E-state index contributed by atoms with van der Waals surface area (Å²) in [5.74, 6) is 0.635. The molecule has 7 heteroatoms. The first-order valence-corrected chi connectivity index (χ1v) is 11.0. The third kappa shape index (κ3) is 3.57. The lowest BCUT2D eigenvalue weighted by molar-refractivity contribution is -0.140. The molecule has 1 saturated heterocycles. The van der Waals surface area contributed by atoms with Crippen LogP contribution in [-0.2, 0) is 16.2 Å².